The second-order valence-electron chi connectivity index (χ2n) is 27.8. The van der Waals surface area contributed by atoms with Crippen LogP contribution in [-0.2, 0) is 23.7 Å². The molecular formula is C82H147NO13. The van der Waals surface area contributed by atoms with Crippen LogP contribution in [0.3, 0.4) is 0 Å². The summed E-state index contributed by atoms with van der Waals surface area (Å²) in [4.78, 5) is 13.4. The number of aliphatic hydroxyl groups is 8. The third-order valence-corrected chi connectivity index (χ3v) is 19.1. The van der Waals surface area contributed by atoms with Gasteiger partial charge in [0.25, 0.3) is 0 Å². The summed E-state index contributed by atoms with van der Waals surface area (Å²) in [7, 11) is 0. The number of aliphatic hydroxyl groups excluding tert-OH is 8. The van der Waals surface area contributed by atoms with Gasteiger partial charge < -0.3 is 65.1 Å². The maximum atomic E-state index is 13.4. The standard InChI is InChI=1S/C82H147NO13/c1-3-5-7-9-11-13-15-17-19-21-23-25-27-28-29-30-31-32-33-34-35-36-37-38-39-40-41-42-44-46-48-50-52-54-56-58-60-62-64-66-74(87)83-70(69-93-81-79(92)77(90)80(73(68-85)95-81)96-82-78(91)76(89)75(88)72(67-84)94-82)71(86)65-63-61-59-57-55-53-51-49-47-45-43-26-24-22-20-18-16-14-12-10-8-6-4-2/h5,7,11,13,17,19,23,25,28-29,31-32,63,65,70-73,75-82,84-86,88-92H,3-4,6,8-10,12,14-16,18,20-22,24,26-27,30,33-62,64,66-69H2,1-2H3,(H,83,87)/b7-5-,13-11-,19-17-,25-23-,29-28-,32-31-,65-63+. The third kappa shape index (κ3) is 48.1. The molecule has 2 rings (SSSR count). The fourth-order valence-electron chi connectivity index (χ4n) is 12.8. The summed E-state index contributed by atoms with van der Waals surface area (Å²) < 4.78 is 22.9. The number of carbonyl (C=O) groups is 1. The molecular weight excluding hydrogens is 1210 g/mol. The van der Waals surface area contributed by atoms with Gasteiger partial charge in [0, 0.05) is 6.42 Å². The summed E-state index contributed by atoms with van der Waals surface area (Å²) in [6, 6.07) is -0.918. The van der Waals surface area contributed by atoms with Crippen LogP contribution < -0.4 is 5.32 Å². The lowest BCUT2D eigenvalue weighted by molar-refractivity contribution is -0.359. The van der Waals surface area contributed by atoms with E-state index < -0.39 is 86.8 Å². The average Bonchev–Trinajstić information content (AvgIpc) is 0.806. The number of hydrogen-bond acceptors (Lipinski definition) is 13. The second kappa shape index (κ2) is 65.5. The van der Waals surface area contributed by atoms with E-state index in [4.69, 9.17) is 18.9 Å². The molecule has 14 nitrogen and oxygen atoms in total. The highest BCUT2D eigenvalue weighted by atomic mass is 16.7. The van der Waals surface area contributed by atoms with Gasteiger partial charge >= 0.3 is 0 Å². The first kappa shape index (κ1) is 89.3. The Balaban J connectivity index is 1.59. The summed E-state index contributed by atoms with van der Waals surface area (Å²) in [5.74, 6) is -0.235. The van der Waals surface area contributed by atoms with Crippen molar-refractivity contribution < 1.29 is 64.6 Å². The topological polar surface area (TPSA) is 228 Å². The minimum absolute atomic E-state index is 0.235. The first-order chi connectivity index (χ1) is 47.1. The minimum atomic E-state index is -1.79. The highest BCUT2D eigenvalue weighted by Gasteiger charge is 2.51. The predicted octanol–water partition coefficient (Wildman–Crippen LogP) is 17.9. The Morgan fingerprint density at radius 2 is 0.719 bits per heavy atom. The van der Waals surface area contributed by atoms with Gasteiger partial charge in [0.1, 0.15) is 48.8 Å². The molecule has 0 aromatic heterocycles. The number of nitrogens with one attached hydrogen (secondary N) is 1. The Bertz CT molecular complexity index is 1940. The first-order valence-electron chi connectivity index (χ1n) is 39.8. The van der Waals surface area contributed by atoms with Gasteiger partial charge in [-0.1, -0.05) is 343 Å². The van der Waals surface area contributed by atoms with Crippen LogP contribution in [0.4, 0.5) is 0 Å². The summed E-state index contributed by atoms with van der Waals surface area (Å²) in [6.07, 6.45) is 75.1. The van der Waals surface area contributed by atoms with Crippen molar-refractivity contribution in [2.45, 2.75) is 408 Å². The highest BCUT2D eigenvalue weighted by Crippen LogP contribution is 2.30. The van der Waals surface area contributed by atoms with E-state index in [0.717, 1.165) is 77.0 Å². The quantitative estimate of drug-likeness (QED) is 0.0204. The molecule has 0 bridgehead atoms. The van der Waals surface area contributed by atoms with Gasteiger partial charge in [-0.05, 0) is 70.6 Å². The number of ether oxygens (including phenoxy) is 4. The van der Waals surface area contributed by atoms with Crippen molar-refractivity contribution in [2.24, 2.45) is 0 Å². The van der Waals surface area contributed by atoms with Crippen molar-refractivity contribution in [1.29, 1.82) is 0 Å². The van der Waals surface area contributed by atoms with Crippen LogP contribution in [-0.4, -0.2) is 140 Å². The molecule has 2 fully saturated rings. The summed E-state index contributed by atoms with van der Waals surface area (Å²) in [5, 5.41) is 87.6. The molecule has 558 valence electrons. The van der Waals surface area contributed by atoms with Crippen LogP contribution in [0, 0.1) is 0 Å². The number of rotatable bonds is 66. The number of unbranched alkanes of at least 4 members (excludes halogenated alkanes) is 41. The van der Waals surface area contributed by atoms with E-state index in [1.54, 1.807) is 6.08 Å². The maximum Gasteiger partial charge on any atom is 0.220 e. The smallest absolute Gasteiger partial charge is 0.220 e. The lowest BCUT2D eigenvalue weighted by Crippen LogP contribution is -2.65. The van der Waals surface area contributed by atoms with E-state index in [2.05, 4.69) is 92.1 Å². The van der Waals surface area contributed by atoms with Crippen LogP contribution in [0.15, 0.2) is 85.1 Å². The van der Waals surface area contributed by atoms with Gasteiger partial charge in [-0.3, -0.25) is 4.79 Å². The number of hydrogen-bond donors (Lipinski definition) is 9. The molecule has 2 heterocycles. The molecule has 0 radical (unpaired) electrons. The number of carbonyl (C=O) groups excluding carboxylic acids is 1. The molecule has 12 unspecified atom stereocenters. The van der Waals surface area contributed by atoms with Gasteiger partial charge in [0.2, 0.25) is 5.91 Å². The summed E-state index contributed by atoms with van der Waals surface area (Å²) >= 11 is 0. The SMILES string of the molecule is CC/C=C\C/C=C\C/C=C\C/C=C\C/C=C\C/C=C\CCCCCCCCCCCCCCCCCCCCCCC(=O)NC(COC1OC(CO)C(OC2OC(CO)C(O)C(O)C2O)C(O)C1O)C(O)/C=C/CCCCCCCCCCCCCCCCCCCCCCC. The average molecular weight is 1360 g/mol. The van der Waals surface area contributed by atoms with Crippen molar-refractivity contribution in [3.8, 4) is 0 Å². The van der Waals surface area contributed by atoms with E-state index >= 15 is 0 Å². The zero-order valence-corrected chi connectivity index (χ0v) is 61.1. The molecule has 0 aliphatic carbocycles. The van der Waals surface area contributed by atoms with E-state index in [-0.39, 0.29) is 18.9 Å². The summed E-state index contributed by atoms with van der Waals surface area (Å²) in [5.41, 5.74) is 0. The third-order valence-electron chi connectivity index (χ3n) is 19.1. The Hall–Kier alpha value is -2.83. The van der Waals surface area contributed by atoms with Crippen LogP contribution in [0.2, 0.25) is 0 Å². The molecule has 1 amide bonds. The predicted molar refractivity (Wildman–Crippen MR) is 396 cm³/mol. The Morgan fingerprint density at radius 1 is 0.385 bits per heavy atom. The van der Waals surface area contributed by atoms with Crippen molar-refractivity contribution in [2.75, 3.05) is 19.8 Å². The highest BCUT2D eigenvalue weighted by molar-refractivity contribution is 5.76. The molecule has 12 atom stereocenters. The first-order valence-corrected chi connectivity index (χ1v) is 39.8. The molecule has 96 heavy (non-hydrogen) atoms. The van der Waals surface area contributed by atoms with E-state index in [1.165, 1.54) is 231 Å². The number of amides is 1. The zero-order chi connectivity index (χ0) is 69.4. The lowest BCUT2D eigenvalue weighted by Gasteiger charge is -2.46. The van der Waals surface area contributed by atoms with Gasteiger partial charge in [-0.15, -0.1) is 0 Å². The maximum absolute atomic E-state index is 13.4. The van der Waals surface area contributed by atoms with E-state index in [0.29, 0.717) is 6.42 Å². The number of allylic oxidation sites excluding steroid dienone is 13. The lowest BCUT2D eigenvalue weighted by atomic mass is 9.97. The second-order valence-corrected chi connectivity index (χ2v) is 27.8. The van der Waals surface area contributed by atoms with E-state index in [1.807, 2.05) is 6.08 Å². The molecule has 2 aliphatic heterocycles. The van der Waals surface area contributed by atoms with Crippen LogP contribution >= 0.6 is 0 Å². The van der Waals surface area contributed by atoms with Gasteiger partial charge in [-0.25, -0.2) is 0 Å². The molecule has 2 aliphatic rings. The van der Waals surface area contributed by atoms with Gasteiger partial charge in [0.15, 0.2) is 12.6 Å². The monoisotopic (exact) mass is 1350 g/mol. The molecule has 0 saturated carbocycles. The largest absolute Gasteiger partial charge is 0.394 e. The van der Waals surface area contributed by atoms with Crippen molar-refractivity contribution in [1.82, 2.24) is 5.32 Å². The Labute approximate surface area is 586 Å². The van der Waals surface area contributed by atoms with Gasteiger partial charge in [0.05, 0.1) is 32.0 Å². The van der Waals surface area contributed by atoms with Crippen molar-refractivity contribution >= 4 is 5.91 Å². The fourth-order valence-corrected chi connectivity index (χ4v) is 12.8. The molecule has 14 heteroatoms. The molecule has 2 saturated heterocycles. The molecule has 0 aromatic rings. The van der Waals surface area contributed by atoms with Crippen LogP contribution in [0.25, 0.3) is 0 Å². The summed E-state index contributed by atoms with van der Waals surface area (Å²) in [6.45, 7) is 2.73. The van der Waals surface area contributed by atoms with Crippen molar-refractivity contribution in [3.05, 3.63) is 85.1 Å². The Kier molecular flexibility index (Phi) is 60.9. The van der Waals surface area contributed by atoms with Crippen LogP contribution in [0.1, 0.15) is 335 Å². The Morgan fingerprint density at radius 3 is 1.10 bits per heavy atom. The minimum Gasteiger partial charge on any atom is -0.394 e. The molecule has 0 spiro atoms. The van der Waals surface area contributed by atoms with Crippen LogP contribution in [0.5, 0.6) is 0 Å². The normalized spacial score (nSPS) is 22.7. The zero-order valence-electron chi connectivity index (χ0n) is 61.1. The molecule has 9 N–H and O–H groups in total. The van der Waals surface area contributed by atoms with E-state index in [9.17, 15) is 45.6 Å². The fraction of sp³-hybridized carbons (Fsp3) is 0.817. The van der Waals surface area contributed by atoms with Crippen molar-refractivity contribution in [3.63, 3.8) is 0 Å². The molecule has 0 aromatic carbocycles. The van der Waals surface area contributed by atoms with Gasteiger partial charge in [-0.2, -0.15) is 0 Å².